The molecule has 4 heteroatoms. The number of anilines is 1. The van der Waals surface area contributed by atoms with E-state index in [0.29, 0.717) is 17.0 Å². The summed E-state index contributed by atoms with van der Waals surface area (Å²) >= 11 is 0. The first-order valence-corrected chi connectivity index (χ1v) is 3.80. The fourth-order valence-electron chi connectivity index (χ4n) is 1.28. The van der Waals surface area contributed by atoms with Gasteiger partial charge in [0, 0.05) is 11.6 Å². The molecule has 0 fully saturated rings. The van der Waals surface area contributed by atoms with Gasteiger partial charge in [0.2, 0.25) is 5.78 Å². The first-order valence-electron chi connectivity index (χ1n) is 3.80. The lowest BCUT2D eigenvalue weighted by atomic mass is 10.1. The zero-order chi connectivity index (χ0) is 9.42. The van der Waals surface area contributed by atoms with Gasteiger partial charge in [0.15, 0.2) is 5.84 Å². The van der Waals surface area contributed by atoms with Crippen LogP contribution in [-0.4, -0.2) is 18.7 Å². The molecular weight excluding hydrogens is 168 g/mol. The molecule has 0 unspecified atom stereocenters. The molecule has 0 radical (unpaired) electrons. The number of ether oxygens (including phenoxy) is 1. The van der Waals surface area contributed by atoms with Crippen LogP contribution < -0.4 is 10.1 Å². The van der Waals surface area contributed by atoms with Gasteiger partial charge >= 0.3 is 0 Å². The van der Waals surface area contributed by atoms with Gasteiger partial charge in [-0.25, -0.2) is 0 Å². The third-order valence-electron chi connectivity index (χ3n) is 1.96. The molecule has 0 saturated heterocycles. The van der Waals surface area contributed by atoms with Crippen molar-refractivity contribution in [2.45, 2.75) is 0 Å². The third-order valence-corrected chi connectivity index (χ3v) is 1.96. The van der Waals surface area contributed by atoms with Crippen LogP contribution in [-0.2, 0) is 0 Å². The lowest BCUT2D eigenvalue weighted by molar-refractivity contribution is 0.106. The Morgan fingerprint density at radius 3 is 2.92 bits per heavy atom. The van der Waals surface area contributed by atoms with Crippen molar-refractivity contribution in [1.29, 1.82) is 5.41 Å². The highest BCUT2D eigenvalue weighted by atomic mass is 16.5. The van der Waals surface area contributed by atoms with Crippen molar-refractivity contribution in [3.63, 3.8) is 0 Å². The Balaban J connectivity index is 2.52. The van der Waals surface area contributed by atoms with Crippen LogP contribution in [0.4, 0.5) is 5.69 Å². The number of amidine groups is 1. The molecular formula is C9H8N2O2. The van der Waals surface area contributed by atoms with Gasteiger partial charge in [0.25, 0.3) is 0 Å². The van der Waals surface area contributed by atoms with Crippen LogP contribution in [0.1, 0.15) is 10.4 Å². The van der Waals surface area contributed by atoms with E-state index >= 15 is 0 Å². The van der Waals surface area contributed by atoms with Gasteiger partial charge in [0.1, 0.15) is 5.75 Å². The minimum Gasteiger partial charge on any atom is -0.497 e. The Morgan fingerprint density at radius 1 is 1.46 bits per heavy atom. The number of nitrogens with one attached hydrogen (secondary N) is 2. The second-order valence-electron chi connectivity index (χ2n) is 2.74. The Labute approximate surface area is 75.0 Å². The maximum atomic E-state index is 11.3. The fraction of sp³-hybridized carbons (Fsp3) is 0.111. The van der Waals surface area contributed by atoms with Crippen molar-refractivity contribution < 1.29 is 9.53 Å². The summed E-state index contributed by atoms with van der Waals surface area (Å²) in [6.45, 7) is 0. The second kappa shape index (κ2) is 2.58. The number of fused-ring (bicyclic) bond motifs is 1. The summed E-state index contributed by atoms with van der Waals surface area (Å²) in [4.78, 5) is 11.3. The van der Waals surface area contributed by atoms with E-state index in [2.05, 4.69) is 5.32 Å². The Kier molecular flexibility index (Phi) is 1.55. The van der Waals surface area contributed by atoms with E-state index in [1.54, 1.807) is 25.3 Å². The monoisotopic (exact) mass is 176 g/mol. The van der Waals surface area contributed by atoms with Crippen LogP contribution in [0, 0.1) is 5.41 Å². The summed E-state index contributed by atoms with van der Waals surface area (Å²) in [7, 11) is 1.56. The largest absolute Gasteiger partial charge is 0.497 e. The summed E-state index contributed by atoms with van der Waals surface area (Å²) in [6, 6.07) is 5.07. The van der Waals surface area contributed by atoms with E-state index in [-0.39, 0.29) is 11.6 Å². The molecule has 2 rings (SSSR count). The topological polar surface area (TPSA) is 62.2 Å². The Bertz CT molecular complexity index is 399. The third kappa shape index (κ3) is 1.07. The molecule has 0 spiro atoms. The van der Waals surface area contributed by atoms with E-state index in [1.165, 1.54) is 0 Å². The van der Waals surface area contributed by atoms with Crippen molar-refractivity contribution >= 4 is 17.3 Å². The van der Waals surface area contributed by atoms with Gasteiger partial charge in [-0.2, -0.15) is 0 Å². The van der Waals surface area contributed by atoms with Crippen LogP contribution in [0.3, 0.4) is 0 Å². The SMILES string of the molecule is COc1ccc2c(c1)NC(=N)C2=O. The summed E-state index contributed by atoms with van der Waals surface area (Å²) in [6.07, 6.45) is 0. The van der Waals surface area contributed by atoms with Gasteiger partial charge in [-0.1, -0.05) is 0 Å². The number of rotatable bonds is 1. The second-order valence-corrected chi connectivity index (χ2v) is 2.74. The maximum Gasteiger partial charge on any atom is 0.229 e. The highest BCUT2D eigenvalue weighted by Gasteiger charge is 2.24. The molecule has 0 amide bonds. The first-order chi connectivity index (χ1) is 6.22. The van der Waals surface area contributed by atoms with Crippen molar-refractivity contribution in [2.75, 3.05) is 12.4 Å². The molecule has 0 aromatic heterocycles. The fourth-order valence-corrected chi connectivity index (χ4v) is 1.28. The van der Waals surface area contributed by atoms with E-state index in [9.17, 15) is 4.79 Å². The molecule has 0 atom stereocenters. The number of methoxy groups -OCH3 is 1. The van der Waals surface area contributed by atoms with Gasteiger partial charge < -0.3 is 10.1 Å². The highest BCUT2D eigenvalue weighted by molar-refractivity contribution is 6.52. The molecule has 4 nitrogen and oxygen atoms in total. The van der Waals surface area contributed by atoms with Crippen LogP contribution in [0.5, 0.6) is 5.75 Å². The minimum atomic E-state index is -0.266. The van der Waals surface area contributed by atoms with Crippen LogP contribution >= 0.6 is 0 Å². The van der Waals surface area contributed by atoms with Crippen LogP contribution in [0.25, 0.3) is 0 Å². The molecule has 13 heavy (non-hydrogen) atoms. The van der Waals surface area contributed by atoms with Crippen LogP contribution in [0.15, 0.2) is 18.2 Å². The van der Waals surface area contributed by atoms with Crippen LogP contribution in [0.2, 0.25) is 0 Å². The number of benzene rings is 1. The van der Waals surface area contributed by atoms with Crippen molar-refractivity contribution in [1.82, 2.24) is 0 Å². The number of carbonyl (C=O) groups is 1. The van der Waals surface area contributed by atoms with E-state index in [4.69, 9.17) is 10.1 Å². The zero-order valence-corrected chi connectivity index (χ0v) is 7.05. The highest BCUT2D eigenvalue weighted by Crippen LogP contribution is 2.27. The quantitative estimate of drug-likeness (QED) is 0.677. The van der Waals surface area contributed by atoms with E-state index < -0.39 is 0 Å². The Morgan fingerprint density at radius 2 is 2.23 bits per heavy atom. The lowest BCUT2D eigenvalue weighted by Crippen LogP contribution is -2.11. The predicted octanol–water partition coefficient (Wildman–Crippen LogP) is 1.28. The minimum absolute atomic E-state index is 0.0803. The first kappa shape index (κ1) is 7.79. The van der Waals surface area contributed by atoms with Crippen molar-refractivity contribution in [3.05, 3.63) is 23.8 Å². The summed E-state index contributed by atoms with van der Waals surface area (Å²) in [5.41, 5.74) is 1.18. The number of ketones is 1. The standard InChI is InChI=1S/C9H8N2O2/c1-13-5-2-3-6-7(4-5)11-9(10)8(6)12/h2-4H,1H3,(H2,10,11,12). The predicted molar refractivity (Wildman–Crippen MR) is 48.7 cm³/mol. The number of carbonyl (C=O) groups excluding carboxylic acids is 1. The molecule has 1 aromatic rings. The van der Waals surface area contributed by atoms with E-state index in [0.717, 1.165) is 0 Å². The average Bonchev–Trinajstić information content (AvgIpc) is 2.42. The molecule has 0 saturated carbocycles. The molecule has 1 aliphatic rings. The molecule has 66 valence electrons. The lowest BCUT2D eigenvalue weighted by Gasteiger charge is -2.01. The zero-order valence-electron chi connectivity index (χ0n) is 7.05. The molecule has 2 N–H and O–H groups in total. The normalized spacial score (nSPS) is 13.9. The molecule has 1 aromatic carbocycles. The number of Topliss-reactive ketones (excluding diaryl/α,β-unsaturated/α-hetero) is 1. The summed E-state index contributed by atoms with van der Waals surface area (Å²) in [5.74, 6) is 0.328. The summed E-state index contributed by atoms with van der Waals surface area (Å²) < 4.78 is 4.99. The van der Waals surface area contributed by atoms with Gasteiger partial charge in [0.05, 0.1) is 12.8 Å². The molecule has 1 heterocycles. The average molecular weight is 176 g/mol. The molecule has 1 aliphatic heterocycles. The van der Waals surface area contributed by atoms with Crippen molar-refractivity contribution in [2.24, 2.45) is 0 Å². The van der Waals surface area contributed by atoms with Crippen molar-refractivity contribution in [3.8, 4) is 5.75 Å². The Hall–Kier alpha value is -1.84. The number of hydrogen-bond donors (Lipinski definition) is 2. The smallest absolute Gasteiger partial charge is 0.229 e. The molecule has 0 aliphatic carbocycles. The molecule has 0 bridgehead atoms. The number of hydrogen-bond acceptors (Lipinski definition) is 3. The van der Waals surface area contributed by atoms with Gasteiger partial charge in [-0.15, -0.1) is 0 Å². The van der Waals surface area contributed by atoms with Gasteiger partial charge in [-0.05, 0) is 12.1 Å². The maximum absolute atomic E-state index is 11.3. The van der Waals surface area contributed by atoms with E-state index in [1.807, 2.05) is 0 Å². The summed E-state index contributed by atoms with van der Waals surface area (Å²) in [5, 5.41) is 9.94. The van der Waals surface area contributed by atoms with Gasteiger partial charge in [-0.3, -0.25) is 10.2 Å².